The van der Waals surface area contributed by atoms with Crippen LogP contribution in [0.3, 0.4) is 0 Å². The SMILES string of the molecule is CNC(C)c1nnc(Nc2c(F)cccc2Cl)o1. The number of benzene rings is 1. The Kier molecular flexibility index (Phi) is 3.78. The molecule has 1 unspecified atom stereocenters. The third-order valence-electron chi connectivity index (χ3n) is 2.44. The summed E-state index contributed by atoms with van der Waals surface area (Å²) in [4.78, 5) is 0. The molecule has 96 valence electrons. The maximum absolute atomic E-state index is 13.5. The molecule has 0 amide bonds. The summed E-state index contributed by atoms with van der Waals surface area (Å²) in [5.74, 6) is -0.0728. The third kappa shape index (κ3) is 2.60. The molecule has 1 atom stereocenters. The fourth-order valence-corrected chi connectivity index (χ4v) is 1.52. The van der Waals surface area contributed by atoms with Gasteiger partial charge in [-0.2, -0.15) is 0 Å². The fourth-order valence-electron chi connectivity index (χ4n) is 1.31. The zero-order valence-electron chi connectivity index (χ0n) is 9.87. The van der Waals surface area contributed by atoms with Gasteiger partial charge in [-0.1, -0.05) is 22.8 Å². The molecule has 0 aliphatic heterocycles. The Bertz CT molecular complexity index is 525. The van der Waals surface area contributed by atoms with Crippen molar-refractivity contribution in [2.24, 2.45) is 0 Å². The summed E-state index contributed by atoms with van der Waals surface area (Å²) in [6.07, 6.45) is 0. The number of halogens is 2. The van der Waals surface area contributed by atoms with Crippen LogP contribution >= 0.6 is 11.6 Å². The zero-order chi connectivity index (χ0) is 13.1. The van der Waals surface area contributed by atoms with E-state index in [9.17, 15) is 4.39 Å². The first-order valence-electron chi connectivity index (χ1n) is 5.33. The van der Waals surface area contributed by atoms with Crippen molar-refractivity contribution >= 4 is 23.3 Å². The predicted molar refractivity (Wildman–Crippen MR) is 66.5 cm³/mol. The van der Waals surface area contributed by atoms with Gasteiger partial charge in [-0.15, -0.1) is 5.10 Å². The first-order chi connectivity index (χ1) is 8.61. The van der Waals surface area contributed by atoms with Crippen LogP contribution in [0.5, 0.6) is 0 Å². The summed E-state index contributed by atoms with van der Waals surface area (Å²) >= 11 is 5.87. The van der Waals surface area contributed by atoms with Gasteiger partial charge < -0.3 is 15.1 Å². The Labute approximate surface area is 108 Å². The van der Waals surface area contributed by atoms with Crippen LogP contribution in [0.2, 0.25) is 5.02 Å². The summed E-state index contributed by atoms with van der Waals surface area (Å²) in [7, 11) is 1.77. The molecular formula is C11H12ClFN4O. The van der Waals surface area contributed by atoms with Gasteiger partial charge in [0.2, 0.25) is 5.89 Å². The van der Waals surface area contributed by atoms with Crippen LogP contribution < -0.4 is 10.6 Å². The van der Waals surface area contributed by atoms with Gasteiger partial charge in [0.05, 0.1) is 16.8 Å². The normalized spacial score (nSPS) is 12.4. The number of aromatic nitrogens is 2. The Hall–Kier alpha value is -1.66. The lowest BCUT2D eigenvalue weighted by atomic mass is 10.3. The molecule has 7 heteroatoms. The first-order valence-corrected chi connectivity index (χ1v) is 5.71. The van der Waals surface area contributed by atoms with E-state index in [1.54, 1.807) is 13.1 Å². The standard InChI is InChI=1S/C11H12ClFN4O/c1-6(14-2)10-16-17-11(18-10)15-9-7(12)4-3-5-8(9)13/h3-6,14H,1-2H3,(H,15,17). The van der Waals surface area contributed by atoms with Gasteiger partial charge in [-0.25, -0.2) is 4.39 Å². The minimum absolute atomic E-state index is 0.0795. The summed E-state index contributed by atoms with van der Waals surface area (Å²) in [6.45, 7) is 1.87. The van der Waals surface area contributed by atoms with Gasteiger partial charge in [0.15, 0.2) is 0 Å². The highest BCUT2D eigenvalue weighted by molar-refractivity contribution is 6.33. The van der Waals surface area contributed by atoms with E-state index in [0.717, 1.165) is 0 Å². The van der Waals surface area contributed by atoms with E-state index in [-0.39, 0.29) is 22.8 Å². The third-order valence-corrected chi connectivity index (χ3v) is 2.75. The molecule has 2 rings (SSSR count). The maximum atomic E-state index is 13.5. The average Bonchev–Trinajstić information content (AvgIpc) is 2.81. The fraction of sp³-hybridized carbons (Fsp3) is 0.273. The van der Waals surface area contributed by atoms with Gasteiger partial charge in [0.25, 0.3) is 0 Å². The van der Waals surface area contributed by atoms with Crippen LogP contribution in [0.15, 0.2) is 22.6 Å². The number of hydrogen-bond donors (Lipinski definition) is 2. The number of para-hydroxylation sites is 1. The summed E-state index contributed by atoms with van der Waals surface area (Å²) in [6, 6.07) is 4.40. The van der Waals surface area contributed by atoms with E-state index in [1.807, 2.05) is 6.92 Å². The van der Waals surface area contributed by atoms with Crippen molar-refractivity contribution in [1.29, 1.82) is 0 Å². The van der Waals surface area contributed by atoms with Crippen molar-refractivity contribution in [3.63, 3.8) is 0 Å². The van der Waals surface area contributed by atoms with Gasteiger partial charge in [0, 0.05) is 0 Å². The zero-order valence-corrected chi connectivity index (χ0v) is 10.6. The van der Waals surface area contributed by atoms with E-state index < -0.39 is 5.82 Å². The summed E-state index contributed by atoms with van der Waals surface area (Å²) < 4.78 is 18.8. The molecule has 0 bridgehead atoms. The number of anilines is 2. The molecule has 0 saturated heterocycles. The monoisotopic (exact) mass is 270 g/mol. The van der Waals surface area contributed by atoms with Crippen LogP contribution in [0.25, 0.3) is 0 Å². The van der Waals surface area contributed by atoms with Crippen LogP contribution in [0.1, 0.15) is 18.9 Å². The van der Waals surface area contributed by atoms with E-state index in [1.165, 1.54) is 12.1 Å². The molecule has 18 heavy (non-hydrogen) atoms. The first kappa shape index (κ1) is 12.8. The Morgan fingerprint density at radius 3 is 2.83 bits per heavy atom. The molecule has 0 saturated carbocycles. The van der Waals surface area contributed by atoms with Gasteiger partial charge in [-0.05, 0) is 26.1 Å². The number of nitrogens with zero attached hydrogens (tertiary/aromatic N) is 2. The molecule has 2 aromatic rings. The highest BCUT2D eigenvalue weighted by atomic mass is 35.5. The Balaban J connectivity index is 2.21. The van der Waals surface area contributed by atoms with Crippen LogP contribution in [-0.2, 0) is 0 Å². The van der Waals surface area contributed by atoms with E-state index in [0.29, 0.717) is 5.89 Å². The lowest BCUT2D eigenvalue weighted by molar-refractivity contribution is 0.443. The highest BCUT2D eigenvalue weighted by Gasteiger charge is 2.14. The molecule has 2 N–H and O–H groups in total. The lowest BCUT2D eigenvalue weighted by Gasteiger charge is -2.05. The smallest absolute Gasteiger partial charge is 0.320 e. The lowest BCUT2D eigenvalue weighted by Crippen LogP contribution is -2.12. The molecule has 5 nitrogen and oxygen atoms in total. The molecule has 0 radical (unpaired) electrons. The average molecular weight is 271 g/mol. The number of nitrogens with one attached hydrogen (secondary N) is 2. The summed E-state index contributed by atoms with van der Waals surface area (Å²) in [5.41, 5.74) is 0.117. The van der Waals surface area contributed by atoms with Crippen molar-refractivity contribution in [1.82, 2.24) is 15.5 Å². The molecule has 1 heterocycles. The van der Waals surface area contributed by atoms with Crippen LogP contribution in [0, 0.1) is 5.82 Å². The van der Waals surface area contributed by atoms with Gasteiger partial charge in [0.1, 0.15) is 5.82 Å². The molecule has 1 aromatic carbocycles. The van der Waals surface area contributed by atoms with Crippen molar-refractivity contribution in [3.05, 3.63) is 34.9 Å². The molecule has 0 fully saturated rings. The van der Waals surface area contributed by atoms with Crippen molar-refractivity contribution in [3.8, 4) is 0 Å². The minimum atomic E-state index is -0.482. The van der Waals surface area contributed by atoms with E-state index in [2.05, 4.69) is 20.8 Å². The quantitative estimate of drug-likeness (QED) is 0.894. The Morgan fingerprint density at radius 1 is 1.39 bits per heavy atom. The number of hydrogen-bond acceptors (Lipinski definition) is 5. The minimum Gasteiger partial charge on any atom is -0.406 e. The summed E-state index contributed by atoms with van der Waals surface area (Å²) in [5, 5.41) is 13.5. The second kappa shape index (κ2) is 5.32. The largest absolute Gasteiger partial charge is 0.406 e. The molecular weight excluding hydrogens is 259 g/mol. The van der Waals surface area contributed by atoms with Gasteiger partial charge >= 0.3 is 6.01 Å². The van der Waals surface area contributed by atoms with Crippen molar-refractivity contribution in [2.75, 3.05) is 12.4 Å². The van der Waals surface area contributed by atoms with Crippen molar-refractivity contribution in [2.45, 2.75) is 13.0 Å². The second-order valence-electron chi connectivity index (χ2n) is 3.68. The van der Waals surface area contributed by atoms with Crippen LogP contribution in [-0.4, -0.2) is 17.2 Å². The topological polar surface area (TPSA) is 63.0 Å². The predicted octanol–water partition coefficient (Wildman–Crippen LogP) is 2.89. The molecule has 0 aliphatic carbocycles. The maximum Gasteiger partial charge on any atom is 0.320 e. The van der Waals surface area contributed by atoms with Crippen LogP contribution in [0.4, 0.5) is 16.1 Å². The van der Waals surface area contributed by atoms with E-state index in [4.69, 9.17) is 16.0 Å². The Morgan fingerprint density at radius 2 is 2.17 bits per heavy atom. The molecule has 0 spiro atoms. The number of rotatable bonds is 4. The van der Waals surface area contributed by atoms with Crippen molar-refractivity contribution < 1.29 is 8.81 Å². The second-order valence-corrected chi connectivity index (χ2v) is 4.08. The molecule has 1 aromatic heterocycles. The van der Waals surface area contributed by atoms with Gasteiger partial charge in [-0.3, -0.25) is 0 Å². The molecule has 0 aliphatic rings. The highest BCUT2D eigenvalue weighted by Crippen LogP contribution is 2.27. The van der Waals surface area contributed by atoms with E-state index >= 15 is 0 Å².